The van der Waals surface area contributed by atoms with Crippen molar-refractivity contribution >= 4 is 11.9 Å². The van der Waals surface area contributed by atoms with Crippen molar-refractivity contribution in [2.75, 3.05) is 52.9 Å². The van der Waals surface area contributed by atoms with E-state index in [9.17, 15) is 19.8 Å². The van der Waals surface area contributed by atoms with Crippen LogP contribution in [-0.4, -0.2) is 87.2 Å². The quantitative estimate of drug-likeness (QED) is 0.0580. The van der Waals surface area contributed by atoms with E-state index in [-0.39, 0.29) is 74.2 Å². The van der Waals surface area contributed by atoms with Crippen LogP contribution in [0.5, 0.6) is 11.5 Å². The minimum atomic E-state index is -0.919. The van der Waals surface area contributed by atoms with Crippen LogP contribution in [-0.2, 0) is 58.6 Å². The Balaban J connectivity index is 0.677. The first-order chi connectivity index (χ1) is 34.9. The van der Waals surface area contributed by atoms with E-state index in [0.717, 1.165) is 93.3 Å². The molecule has 0 bridgehead atoms. The maximum atomic E-state index is 13.7. The molecule has 0 aliphatic heterocycles. The highest BCUT2D eigenvalue weighted by molar-refractivity contribution is 5.78. The first-order valence-corrected chi connectivity index (χ1v) is 27.5. The molecule has 73 heavy (non-hydrogen) atoms. The molecule has 8 rings (SSSR count). The summed E-state index contributed by atoms with van der Waals surface area (Å²) in [6.45, 7) is 18.9. The Morgan fingerprint density at radius 3 is 1.32 bits per heavy atom. The fourth-order valence-electron chi connectivity index (χ4n) is 13.5. The van der Waals surface area contributed by atoms with Gasteiger partial charge in [-0.25, -0.2) is 0 Å². The van der Waals surface area contributed by atoms with Crippen molar-refractivity contribution in [1.29, 1.82) is 0 Å². The number of aliphatic hydroxyl groups is 2. The Hall–Kier alpha value is -4.74. The van der Waals surface area contributed by atoms with Gasteiger partial charge in [-0.1, -0.05) is 115 Å². The summed E-state index contributed by atoms with van der Waals surface area (Å²) < 4.78 is 34.8. The molecule has 8 atom stereocenters. The van der Waals surface area contributed by atoms with Gasteiger partial charge in [-0.15, -0.1) is 0 Å². The van der Waals surface area contributed by atoms with Gasteiger partial charge < -0.3 is 38.6 Å². The van der Waals surface area contributed by atoms with Crippen LogP contribution in [0.2, 0.25) is 0 Å². The molecule has 8 unspecified atom stereocenters. The van der Waals surface area contributed by atoms with E-state index in [4.69, 9.17) is 28.4 Å². The summed E-state index contributed by atoms with van der Waals surface area (Å²) in [4.78, 5) is 27.4. The van der Waals surface area contributed by atoms with Crippen LogP contribution in [0.15, 0.2) is 84.9 Å². The van der Waals surface area contributed by atoms with Crippen molar-refractivity contribution in [1.82, 2.24) is 0 Å². The van der Waals surface area contributed by atoms with Crippen LogP contribution in [0.25, 0.3) is 0 Å². The predicted molar refractivity (Wildman–Crippen MR) is 286 cm³/mol. The number of carbonyl (C=O) groups excluding carboxylic acids is 2. The van der Waals surface area contributed by atoms with E-state index < -0.39 is 23.0 Å². The first-order valence-electron chi connectivity index (χ1n) is 27.5. The molecule has 10 heteroatoms. The average molecular weight is 1000 g/mol. The maximum Gasteiger partial charge on any atom is 0.312 e. The standard InChI is InChI=1S/C63H84O10/c1-42(2)46-15-23-54-48(36-46)17-25-56-60(54,5)27-9-29-62(56,7)58(66)72-40-50(64)38-68-31-33-70-52-19-11-44(12-20-52)35-45-13-21-53(22-14-45)71-34-32-69-39-51(65)41-73-59(67)63(8)30-10-28-61(6)55-24-16-47(43(3)4)37-49(55)18-26-57(61)63/h11-16,19-24,36-37,42-43,50-51,56-57,64-65H,9-10,17-18,25-35,38-41H2,1-8H3. The summed E-state index contributed by atoms with van der Waals surface area (Å²) in [5, 5.41) is 21.3. The lowest BCUT2D eigenvalue weighted by molar-refractivity contribution is -0.169. The van der Waals surface area contributed by atoms with Gasteiger partial charge in [0.2, 0.25) is 0 Å². The first kappa shape index (κ1) is 54.5. The van der Waals surface area contributed by atoms with Crippen molar-refractivity contribution in [2.24, 2.45) is 22.7 Å². The highest BCUT2D eigenvalue weighted by atomic mass is 16.6. The Bertz CT molecular complexity index is 2310. The zero-order chi connectivity index (χ0) is 52.0. The lowest BCUT2D eigenvalue weighted by Crippen LogP contribution is -2.53. The van der Waals surface area contributed by atoms with E-state index in [1.165, 1.54) is 33.4 Å². The molecule has 2 saturated carbocycles. The minimum Gasteiger partial charge on any atom is -0.491 e. The summed E-state index contributed by atoms with van der Waals surface area (Å²) in [7, 11) is 0. The molecule has 0 amide bonds. The molecule has 0 spiro atoms. The Morgan fingerprint density at radius 2 is 0.932 bits per heavy atom. The van der Waals surface area contributed by atoms with Gasteiger partial charge in [-0.05, 0) is 175 Å². The van der Waals surface area contributed by atoms with Gasteiger partial charge in [-0.3, -0.25) is 9.59 Å². The number of esters is 2. The minimum absolute atomic E-state index is 0.0525. The van der Waals surface area contributed by atoms with Crippen LogP contribution in [0.4, 0.5) is 0 Å². The molecule has 4 aliphatic carbocycles. The topological polar surface area (TPSA) is 130 Å². The average Bonchev–Trinajstić information content (AvgIpc) is 3.37. The van der Waals surface area contributed by atoms with Crippen molar-refractivity contribution < 1.29 is 48.2 Å². The van der Waals surface area contributed by atoms with E-state index in [1.807, 2.05) is 48.5 Å². The number of fused-ring (bicyclic) bond motifs is 6. The number of aryl methyl sites for hydroxylation is 2. The molecule has 0 saturated heterocycles. The Morgan fingerprint density at radius 1 is 0.534 bits per heavy atom. The van der Waals surface area contributed by atoms with Crippen molar-refractivity contribution in [2.45, 2.75) is 161 Å². The van der Waals surface area contributed by atoms with Crippen molar-refractivity contribution in [3.8, 4) is 11.5 Å². The second-order valence-electron chi connectivity index (χ2n) is 23.5. The number of ether oxygens (including phenoxy) is 6. The summed E-state index contributed by atoms with van der Waals surface area (Å²) in [5.41, 5.74) is 9.31. The summed E-state index contributed by atoms with van der Waals surface area (Å²) in [5.74, 6) is 2.38. The number of hydrogen-bond acceptors (Lipinski definition) is 10. The van der Waals surface area contributed by atoms with Crippen LogP contribution >= 0.6 is 0 Å². The number of carbonyl (C=O) groups is 2. The number of aliphatic hydroxyl groups excluding tert-OH is 2. The smallest absolute Gasteiger partial charge is 0.312 e. The number of benzene rings is 4. The third-order valence-corrected chi connectivity index (χ3v) is 17.7. The third kappa shape index (κ3) is 12.2. The summed E-state index contributed by atoms with van der Waals surface area (Å²) in [6, 6.07) is 29.8. The molecule has 0 aromatic heterocycles. The largest absolute Gasteiger partial charge is 0.491 e. The molecule has 2 fully saturated rings. The van der Waals surface area contributed by atoms with Gasteiger partial charge in [0.05, 0.1) is 37.3 Å². The van der Waals surface area contributed by atoms with E-state index >= 15 is 0 Å². The second kappa shape index (κ2) is 23.4. The monoisotopic (exact) mass is 1000 g/mol. The van der Waals surface area contributed by atoms with Gasteiger partial charge in [0.1, 0.15) is 50.1 Å². The van der Waals surface area contributed by atoms with Crippen molar-refractivity contribution in [3.63, 3.8) is 0 Å². The molecule has 4 aromatic carbocycles. The van der Waals surface area contributed by atoms with Crippen LogP contribution in [0, 0.1) is 22.7 Å². The van der Waals surface area contributed by atoms with Crippen LogP contribution < -0.4 is 9.47 Å². The highest BCUT2D eigenvalue weighted by Crippen LogP contribution is 2.59. The molecular weight excluding hydrogens is 917 g/mol. The normalized spacial score (nSPS) is 26.2. The van der Waals surface area contributed by atoms with Crippen LogP contribution in [0.1, 0.15) is 163 Å². The lowest BCUT2D eigenvalue weighted by atomic mass is 9.49. The van der Waals surface area contributed by atoms with E-state index in [1.54, 1.807) is 0 Å². The zero-order valence-electron chi connectivity index (χ0n) is 45.1. The fraction of sp³-hybridized carbons (Fsp3) is 0.587. The molecule has 396 valence electrons. The maximum absolute atomic E-state index is 13.7. The third-order valence-electron chi connectivity index (χ3n) is 17.7. The van der Waals surface area contributed by atoms with Gasteiger partial charge in [0.15, 0.2) is 0 Å². The fourth-order valence-corrected chi connectivity index (χ4v) is 13.5. The molecule has 4 aliphatic rings. The zero-order valence-corrected chi connectivity index (χ0v) is 45.1. The molecule has 10 nitrogen and oxygen atoms in total. The summed E-state index contributed by atoms with van der Waals surface area (Å²) in [6.07, 6.45) is 8.45. The highest BCUT2D eigenvalue weighted by Gasteiger charge is 2.57. The van der Waals surface area contributed by atoms with Gasteiger partial charge >= 0.3 is 11.9 Å². The molecule has 2 N–H and O–H groups in total. The molecular formula is C63H84O10. The number of hydrogen-bond donors (Lipinski definition) is 2. The SMILES string of the molecule is CC(C)c1ccc2c(c1)CCC1C(C)(C(=O)OCC(O)COCCOc3ccc(Cc4ccc(OCCOCC(O)COC(=O)C5(C)CCCC6(C)c7ccc(C(C)C)cc7CCC56)cc4)cc3)CCCC21C. The van der Waals surface area contributed by atoms with E-state index in [2.05, 4.69) is 91.8 Å². The Labute approximate surface area is 435 Å². The van der Waals surface area contributed by atoms with Crippen molar-refractivity contribution in [3.05, 3.63) is 129 Å². The van der Waals surface area contributed by atoms with Crippen LogP contribution in [0.3, 0.4) is 0 Å². The lowest BCUT2D eigenvalue weighted by Gasteiger charge is -2.54. The second-order valence-corrected chi connectivity index (χ2v) is 23.5. The van der Waals surface area contributed by atoms with E-state index in [0.29, 0.717) is 25.0 Å². The molecule has 0 heterocycles. The summed E-state index contributed by atoms with van der Waals surface area (Å²) >= 11 is 0. The number of rotatable bonds is 22. The predicted octanol–water partition coefficient (Wildman–Crippen LogP) is 11.5. The Kier molecular flexibility index (Phi) is 17.5. The van der Waals surface area contributed by atoms with Gasteiger partial charge in [0, 0.05) is 0 Å². The van der Waals surface area contributed by atoms with Gasteiger partial charge in [0.25, 0.3) is 0 Å². The molecule has 0 radical (unpaired) electrons. The molecule has 4 aromatic rings. The van der Waals surface area contributed by atoms with Gasteiger partial charge in [-0.2, -0.15) is 0 Å².